The summed E-state index contributed by atoms with van der Waals surface area (Å²) in [5.41, 5.74) is 20.1. The Kier molecular flexibility index (Phi) is 9.82. The van der Waals surface area contributed by atoms with Gasteiger partial charge in [0.1, 0.15) is 0 Å². The topological polar surface area (TPSA) is 77.3 Å². The van der Waals surface area contributed by atoms with Crippen LogP contribution in [0.2, 0.25) is 0 Å². The van der Waals surface area contributed by atoms with Crippen LogP contribution in [0.4, 0.5) is 0 Å². The predicted molar refractivity (Wildman–Crippen MR) is 298 cm³/mol. The molecule has 10 aromatic carbocycles. The fraction of sp³-hybridized carbons (Fsp3) is 0.0435. The van der Waals surface area contributed by atoms with Crippen molar-refractivity contribution < 1.29 is 0 Å². The van der Waals surface area contributed by atoms with Gasteiger partial charge in [-0.2, -0.15) is 0 Å². The Hall–Kier alpha value is -9.78. The Morgan fingerprint density at radius 1 is 0.240 bits per heavy atom. The molecule has 0 amide bonds. The minimum atomic E-state index is -0.560. The van der Waals surface area contributed by atoms with Crippen LogP contribution in [0.3, 0.4) is 0 Å². The number of fused-ring (bicyclic) bond motifs is 3. The van der Waals surface area contributed by atoms with E-state index in [1.807, 2.05) is 54.6 Å². The Morgan fingerprint density at radius 2 is 0.587 bits per heavy atom. The molecule has 12 aromatic rings. The maximum absolute atomic E-state index is 5.50. The second-order valence-corrected chi connectivity index (χ2v) is 19.6. The van der Waals surface area contributed by atoms with Crippen molar-refractivity contribution in [2.45, 2.75) is 17.3 Å². The Morgan fingerprint density at radius 3 is 1.05 bits per heavy atom. The van der Waals surface area contributed by atoms with E-state index in [9.17, 15) is 0 Å². The Labute approximate surface area is 434 Å². The number of hydrogen-bond donors (Lipinski definition) is 0. The van der Waals surface area contributed by atoms with Crippen LogP contribution in [0.25, 0.3) is 79.5 Å². The number of rotatable bonds is 8. The zero-order valence-electron chi connectivity index (χ0n) is 40.6. The van der Waals surface area contributed by atoms with E-state index in [0.717, 1.165) is 38.9 Å². The maximum atomic E-state index is 5.50. The number of hydrogen-bond acceptors (Lipinski definition) is 6. The SMILES string of the molecule is c1ccc(-c2nc(-c3ccccc3)nc(-c3ccc4c(c3)C3c5ccccc5C4c4cc(-c5nc(-c6ccccc6)nc(-c6cccc7c6-c6ccccc6C7(c6ccccc6)c6ccccc6)n5)ccc43)n2)cc1. The molecule has 0 aliphatic heterocycles. The van der Waals surface area contributed by atoms with E-state index in [1.54, 1.807) is 0 Å². The normalized spacial score (nSPS) is 15.0. The van der Waals surface area contributed by atoms with Crippen molar-refractivity contribution in [2.75, 3.05) is 0 Å². The van der Waals surface area contributed by atoms with Gasteiger partial charge in [-0.25, -0.2) is 29.9 Å². The number of aromatic nitrogens is 6. The molecule has 0 spiro atoms. The number of nitrogens with zero attached hydrogens (tertiary/aromatic N) is 6. The van der Waals surface area contributed by atoms with Crippen molar-refractivity contribution in [3.63, 3.8) is 0 Å². The van der Waals surface area contributed by atoms with Crippen molar-refractivity contribution in [3.8, 4) is 79.5 Å². The molecule has 350 valence electrons. The van der Waals surface area contributed by atoms with E-state index in [4.69, 9.17) is 29.9 Å². The first-order valence-electron chi connectivity index (χ1n) is 25.6. The second kappa shape index (κ2) is 17.2. The highest BCUT2D eigenvalue weighted by Crippen LogP contribution is 2.59. The van der Waals surface area contributed by atoms with Crippen molar-refractivity contribution >= 4 is 0 Å². The zero-order chi connectivity index (χ0) is 49.5. The van der Waals surface area contributed by atoms with Crippen LogP contribution in [-0.4, -0.2) is 29.9 Å². The summed E-state index contributed by atoms with van der Waals surface area (Å²) in [6.07, 6.45) is 0. The van der Waals surface area contributed by atoms with Gasteiger partial charge >= 0.3 is 0 Å². The van der Waals surface area contributed by atoms with Crippen molar-refractivity contribution in [2.24, 2.45) is 0 Å². The molecule has 2 bridgehead atoms. The first-order chi connectivity index (χ1) is 37.2. The average Bonchev–Trinajstić information content (AvgIpc) is 3.83. The molecule has 0 fully saturated rings. The second-order valence-electron chi connectivity index (χ2n) is 19.6. The smallest absolute Gasteiger partial charge is 0.164 e. The van der Waals surface area contributed by atoms with Crippen molar-refractivity contribution in [1.82, 2.24) is 29.9 Å². The molecule has 0 saturated heterocycles. The summed E-state index contributed by atoms with van der Waals surface area (Å²) >= 11 is 0. The Bertz CT molecular complexity index is 4080. The van der Waals surface area contributed by atoms with E-state index in [2.05, 4.69) is 200 Å². The average molecular weight is 957 g/mol. The van der Waals surface area contributed by atoms with Gasteiger partial charge < -0.3 is 0 Å². The van der Waals surface area contributed by atoms with Gasteiger partial charge in [-0.15, -0.1) is 0 Å². The van der Waals surface area contributed by atoms with E-state index < -0.39 is 5.41 Å². The van der Waals surface area contributed by atoms with Crippen LogP contribution in [0.5, 0.6) is 0 Å². The molecule has 0 radical (unpaired) electrons. The molecule has 16 rings (SSSR count). The highest BCUT2D eigenvalue weighted by Gasteiger charge is 2.47. The third kappa shape index (κ3) is 6.73. The lowest BCUT2D eigenvalue weighted by atomic mass is 9.61. The fourth-order valence-corrected chi connectivity index (χ4v) is 12.5. The highest BCUT2D eigenvalue weighted by molar-refractivity contribution is 5.94. The van der Waals surface area contributed by atoms with Crippen LogP contribution in [0.1, 0.15) is 67.5 Å². The molecule has 6 nitrogen and oxygen atoms in total. The zero-order valence-corrected chi connectivity index (χ0v) is 40.6. The van der Waals surface area contributed by atoms with Gasteiger partial charge in [0.15, 0.2) is 34.9 Å². The molecule has 4 aliphatic rings. The lowest BCUT2D eigenvalue weighted by Gasteiger charge is -2.42. The summed E-state index contributed by atoms with van der Waals surface area (Å²) in [6.45, 7) is 0. The van der Waals surface area contributed by atoms with Gasteiger partial charge in [0.2, 0.25) is 0 Å². The standard InChI is InChI=1S/C69H44N6/c1-6-21-43(22-7-1)63-70-64(44-23-8-2-9-24-44)72-66(71-63)46-37-39-52-56(41-46)60-50-31-16-17-32-51(50)61(52)57-42-47(38-40-53(57)60)67-73-65(45-25-10-3-11-26-45)74-68(75-67)55-34-20-36-59-62(55)54-33-18-19-35-58(54)69(59,48-27-12-4-13-28-48)49-29-14-5-15-30-49/h1-42,60-61H. The lowest BCUT2D eigenvalue weighted by molar-refractivity contribution is 0.754. The molecule has 0 N–H and O–H groups in total. The first-order valence-corrected chi connectivity index (χ1v) is 25.6. The van der Waals surface area contributed by atoms with Crippen LogP contribution < -0.4 is 0 Å². The van der Waals surface area contributed by atoms with E-state index >= 15 is 0 Å². The molecule has 4 aliphatic carbocycles. The fourth-order valence-electron chi connectivity index (χ4n) is 12.5. The molecule has 2 unspecified atom stereocenters. The van der Waals surface area contributed by atoms with E-state index in [0.29, 0.717) is 34.9 Å². The molecule has 2 aromatic heterocycles. The molecule has 75 heavy (non-hydrogen) atoms. The highest BCUT2D eigenvalue weighted by atomic mass is 15.0. The van der Waals surface area contributed by atoms with Crippen LogP contribution in [0, 0.1) is 0 Å². The molecular formula is C69H44N6. The van der Waals surface area contributed by atoms with E-state index in [1.165, 1.54) is 61.2 Å². The summed E-state index contributed by atoms with van der Waals surface area (Å²) in [5.74, 6) is 3.83. The van der Waals surface area contributed by atoms with Gasteiger partial charge in [0.05, 0.1) is 5.41 Å². The lowest BCUT2D eigenvalue weighted by Crippen LogP contribution is -2.28. The summed E-state index contributed by atoms with van der Waals surface area (Å²) in [6, 6.07) is 90.6. The molecule has 0 saturated carbocycles. The summed E-state index contributed by atoms with van der Waals surface area (Å²) in [7, 11) is 0. The summed E-state index contributed by atoms with van der Waals surface area (Å²) in [4.78, 5) is 31.4. The summed E-state index contributed by atoms with van der Waals surface area (Å²) in [5, 5.41) is 0. The van der Waals surface area contributed by atoms with Gasteiger partial charge in [0.25, 0.3) is 0 Å². The van der Waals surface area contributed by atoms with Gasteiger partial charge in [-0.05, 0) is 78.9 Å². The maximum Gasteiger partial charge on any atom is 0.164 e. The Balaban J connectivity index is 0.885. The quantitative estimate of drug-likeness (QED) is 0.151. The van der Waals surface area contributed by atoms with Crippen LogP contribution in [0.15, 0.2) is 255 Å². The number of benzene rings is 10. The van der Waals surface area contributed by atoms with Gasteiger partial charge in [-0.1, -0.05) is 243 Å². The van der Waals surface area contributed by atoms with Gasteiger partial charge in [-0.3, -0.25) is 0 Å². The molecular weight excluding hydrogens is 913 g/mol. The third-order valence-electron chi connectivity index (χ3n) is 15.6. The van der Waals surface area contributed by atoms with Crippen molar-refractivity contribution in [1.29, 1.82) is 0 Å². The minimum absolute atomic E-state index is 0.00351. The largest absolute Gasteiger partial charge is 0.208 e. The van der Waals surface area contributed by atoms with Crippen LogP contribution in [-0.2, 0) is 5.41 Å². The van der Waals surface area contributed by atoms with Gasteiger partial charge in [0, 0.05) is 45.2 Å². The van der Waals surface area contributed by atoms with Crippen molar-refractivity contribution in [3.05, 3.63) is 310 Å². The van der Waals surface area contributed by atoms with Crippen LogP contribution >= 0.6 is 0 Å². The molecule has 2 atom stereocenters. The first kappa shape index (κ1) is 42.9. The predicted octanol–water partition coefficient (Wildman–Crippen LogP) is 15.4. The molecule has 2 heterocycles. The summed E-state index contributed by atoms with van der Waals surface area (Å²) < 4.78 is 0. The minimum Gasteiger partial charge on any atom is -0.208 e. The third-order valence-corrected chi connectivity index (χ3v) is 15.6. The monoisotopic (exact) mass is 956 g/mol. The van der Waals surface area contributed by atoms with E-state index in [-0.39, 0.29) is 11.8 Å². The molecule has 6 heteroatoms.